The molecule has 2 rings (SSSR count). The third-order valence-electron chi connectivity index (χ3n) is 3.38. The monoisotopic (exact) mass is 334 g/mol. The fourth-order valence-corrected chi connectivity index (χ4v) is 2.96. The first-order chi connectivity index (χ1) is 11.0. The number of rotatable bonds is 7. The van der Waals surface area contributed by atoms with Crippen molar-refractivity contribution < 1.29 is 9.53 Å². The van der Waals surface area contributed by atoms with Gasteiger partial charge in [-0.25, -0.2) is 0 Å². The average molecular weight is 334 g/mol. The minimum atomic E-state index is -0.0417. The van der Waals surface area contributed by atoms with Crippen LogP contribution in [0.1, 0.15) is 12.5 Å². The van der Waals surface area contributed by atoms with Crippen molar-refractivity contribution in [1.29, 1.82) is 0 Å². The quantitative estimate of drug-likeness (QED) is 0.785. The number of hydrogen-bond donors (Lipinski definition) is 1. The summed E-state index contributed by atoms with van der Waals surface area (Å²) in [7, 11) is 3.53. The van der Waals surface area contributed by atoms with E-state index in [2.05, 4.69) is 15.5 Å². The molecule has 23 heavy (non-hydrogen) atoms. The second kappa shape index (κ2) is 8.12. The lowest BCUT2D eigenvalue weighted by molar-refractivity contribution is -0.119. The Labute approximate surface area is 140 Å². The van der Waals surface area contributed by atoms with Crippen molar-refractivity contribution in [2.24, 2.45) is 7.05 Å². The van der Waals surface area contributed by atoms with Gasteiger partial charge in [0.15, 0.2) is 11.0 Å². The maximum Gasteiger partial charge on any atom is 0.230 e. The minimum absolute atomic E-state index is 0.00451. The number of hydrogen-bond acceptors (Lipinski definition) is 5. The molecule has 6 nitrogen and oxygen atoms in total. The highest BCUT2D eigenvalue weighted by molar-refractivity contribution is 7.99. The van der Waals surface area contributed by atoms with E-state index in [4.69, 9.17) is 4.74 Å². The van der Waals surface area contributed by atoms with Gasteiger partial charge in [0.1, 0.15) is 0 Å². The first-order valence-corrected chi connectivity index (χ1v) is 8.38. The largest absolute Gasteiger partial charge is 0.383 e. The molecular formula is C16H22N4O2S. The third kappa shape index (κ3) is 4.56. The summed E-state index contributed by atoms with van der Waals surface area (Å²) in [6.45, 7) is 4.45. The predicted octanol–water partition coefficient (Wildman–Crippen LogP) is 2.03. The van der Waals surface area contributed by atoms with E-state index in [-0.39, 0.29) is 11.9 Å². The number of carbonyl (C=O) groups excluding carboxylic acids is 1. The Bertz CT molecular complexity index is 672. The number of nitrogens with one attached hydrogen (secondary N) is 1. The third-order valence-corrected chi connectivity index (χ3v) is 4.40. The van der Waals surface area contributed by atoms with Crippen LogP contribution in [0.2, 0.25) is 0 Å². The summed E-state index contributed by atoms with van der Waals surface area (Å²) >= 11 is 1.37. The second-order valence-corrected chi connectivity index (χ2v) is 6.34. The Kier molecular flexibility index (Phi) is 6.18. The summed E-state index contributed by atoms with van der Waals surface area (Å²) < 4.78 is 6.92. The highest BCUT2D eigenvalue weighted by Gasteiger charge is 2.14. The van der Waals surface area contributed by atoms with Gasteiger partial charge in [0.25, 0.3) is 0 Å². The lowest BCUT2D eigenvalue weighted by atomic mass is 10.1. The van der Waals surface area contributed by atoms with E-state index in [1.807, 2.05) is 49.7 Å². The summed E-state index contributed by atoms with van der Waals surface area (Å²) in [6.07, 6.45) is 0. The number of aromatic nitrogens is 3. The van der Waals surface area contributed by atoms with Gasteiger partial charge in [0.2, 0.25) is 5.91 Å². The van der Waals surface area contributed by atoms with Crippen LogP contribution in [0, 0.1) is 6.92 Å². The molecule has 0 aliphatic heterocycles. The van der Waals surface area contributed by atoms with E-state index in [0.29, 0.717) is 12.4 Å². The zero-order valence-electron chi connectivity index (χ0n) is 13.9. The molecule has 0 fully saturated rings. The van der Waals surface area contributed by atoms with Crippen molar-refractivity contribution in [3.05, 3.63) is 29.8 Å². The maximum atomic E-state index is 11.9. The van der Waals surface area contributed by atoms with E-state index >= 15 is 0 Å². The van der Waals surface area contributed by atoms with Crippen molar-refractivity contribution in [3.8, 4) is 11.4 Å². The summed E-state index contributed by atoms with van der Waals surface area (Å²) in [5.41, 5.74) is 2.19. The summed E-state index contributed by atoms with van der Waals surface area (Å²) in [5, 5.41) is 12.0. The van der Waals surface area contributed by atoms with Gasteiger partial charge in [0.05, 0.1) is 12.4 Å². The molecule has 0 bridgehead atoms. The molecule has 1 amide bonds. The molecule has 124 valence electrons. The van der Waals surface area contributed by atoms with Crippen molar-refractivity contribution in [1.82, 2.24) is 20.1 Å². The number of amides is 1. The molecule has 1 aromatic heterocycles. The number of thioether (sulfide) groups is 1. The highest BCUT2D eigenvalue weighted by Crippen LogP contribution is 2.24. The molecule has 0 spiro atoms. The van der Waals surface area contributed by atoms with Gasteiger partial charge < -0.3 is 14.6 Å². The molecule has 1 N–H and O–H groups in total. The smallest absolute Gasteiger partial charge is 0.230 e. The number of ether oxygens (including phenoxy) is 1. The van der Waals surface area contributed by atoms with Crippen LogP contribution in [-0.4, -0.2) is 46.2 Å². The number of carbonyl (C=O) groups is 1. The van der Waals surface area contributed by atoms with E-state index in [1.165, 1.54) is 11.8 Å². The van der Waals surface area contributed by atoms with Crippen molar-refractivity contribution in [2.75, 3.05) is 19.5 Å². The molecule has 1 heterocycles. The fraction of sp³-hybridized carbons (Fsp3) is 0.438. The lowest BCUT2D eigenvalue weighted by Gasteiger charge is -2.12. The van der Waals surface area contributed by atoms with Gasteiger partial charge in [0, 0.05) is 25.8 Å². The molecule has 1 atom stereocenters. The van der Waals surface area contributed by atoms with Crippen LogP contribution < -0.4 is 5.32 Å². The second-order valence-electron chi connectivity index (χ2n) is 5.39. The van der Waals surface area contributed by atoms with Crippen LogP contribution in [0.15, 0.2) is 29.4 Å². The van der Waals surface area contributed by atoms with E-state index in [1.54, 1.807) is 7.11 Å². The van der Waals surface area contributed by atoms with Crippen LogP contribution in [-0.2, 0) is 16.6 Å². The molecule has 1 aromatic carbocycles. The van der Waals surface area contributed by atoms with Crippen LogP contribution in [0.4, 0.5) is 0 Å². The number of methoxy groups -OCH3 is 1. The summed E-state index contributed by atoms with van der Waals surface area (Å²) in [4.78, 5) is 11.9. The molecule has 1 unspecified atom stereocenters. The summed E-state index contributed by atoms with van der Waals surface area (Å²) in [5.74, 6) is 1.06. The van der Waals surface area contributed by atoms with Gasteiger partial charge in [-0.15, -0.1) is 10.2 Å². The first kappa shape index (κ1) is 17.5. The molecule has 7 heteroatoms. The Balaban J connectivity index is 2.00. The zero-order chi connectivity index (χ0) is 16.8. The van der Waals surface area contributed by atoms with Crippen LogP contribution >= 0.6 is 11.8 Å². The standard InChI is InChI=1S/C16H22N4O2S/c1-11-7-5-6-8-13(11)15-18-19-16(20(15)3)23-10-14(21)17-12(2)9-22-4/h5-8,12H,9-10H2,1-4H3,(H,17,21). The number of benzene rings is 1. The van der Waals surface area contributed by atoms with Gasteiger partial charge in [-0.3, -0.25) is 4.79 Å². The van der Waals surface area contributed by atoms with Gasteiger partial charge in [-0.2, -0.15) is 0 Å². The van der Waals surface area contributed by atoms with Crippen molar-refractivity contribution >= 4 is 17.7 Å². The molecule has 0 aliphatic rings. The highest BCUT2D eigenvalue weighted by atomic mass is 32.2. The first-order valence-electron chi connectivity index (χ1n) is 7.39. The van der Waals surface area contributed by atoms with Crippen LogP contribution in [0.5, 0.6) is 0 Å². The SMILES string of the molecule is COCC(C)NC(=O)CSc1nnc(-c2ccccc2C)n1C. The zero-order valence-corrected chi connectivity index (χ0v) is 14.7. The van der Waals surface area contributed by atoms with Gasteiger partial charge in [-0.1, -0.05) is 36.0 Å². The Morgan fingerprint density at radius 3 is 2.83 bits per heavy atom. The predicted molar refractivity (Wildman–Crippen MR) is 91.4 cm³/mol. The molecule has 0 saturated heterocycles. The maximum absolute atomic E-state index is 11.9. The number of nitrogens with zero attached hydrogens (tertiary/aromatic N) is 3. The van der Waals surface area contributed by atoms with Gasteiger partial charge in [-0.05, 0) is 19.4 Å². The van der Waals surface area contributed by atoms with Crippen LogP contribution in [0.3, 0.4) is 0 Å². The summed E-state index contributed by atoms with van der Waals surface area (Å²) in [6, 6.07) is 8.04. The number of aryl methyl sites for hydroxylation is 1. The van der Waals surface area contributed by atoms with Gasteiger partial charge >= 0.3 is 0 Å². The van der Waals surface area contributed by atoms with E-state index < -0.39 is 0 Å². The molecular weight excluding hydrogens is 312 g/mol. The van der Waals surface area contributed by atoms with Crippen molar-refractivity contribution in [3.63, 3.8) is 0 Å². The molecule has 0 aliphatic carbocycles. The lowest BCUT2D eigenvalue weighted by Crippen LogP contribution is -2.36. The Morgan fingerprint density at radius 2 is 2.13 bits per heavy atom. The Hall–Kier alpha value is -1.86. The fourth-order valence-electron chi connectivity index (χ4n) is 2.24. The van der Waals surface area contributed by atoms with Crippen LogP contribution in [0.25, 0.3) is 11.4 Å². The molecule has 0 saturated carbocycles. The Morgan fingerprint density at radius 1 is 1.39 bits per heavy atom. The van der Waals surface area contributed by atoms with E-state index in [9.17, 15) is 4.79 Å². The molecule has 0 radical (unpaired) electrons. The minimum Gasteiger partial charge on any atom is -0.383 e. The topological polar surface area (TPSA) is 69.0 Å². The average Bonchev–Trinajstić information content (AvgIpc) is 2.87. The normalized spacial score (nSPS) is 12.2. The molecule has 2 aromatic rings. The van der Waals surface area contributed by atoms with E-state index in [0.717, 1.165) is 22.1 Å². The van der Waals surface area contributed by atoms with Crippen molar-refractivity contribution in [2.45, 2.75) is 25.0 Å².